The first-order chi connectivity index (χ1) is 12.9. The Kier molecular flexibility index (Phi) is 6.46. The van der Waals surface area contributed by atoms with Gasteiger partial charge in [0.2, 0.25) is 5.91 Å². The van der Waals surface area contributed by atoms with E-state index in [-0.39, 0.29) is 11.9 Å². The van der Waals surface area contributed by atoms with Crippen molar-refractivity contribution in [1.82, 2.24) is 20.0 Å². The molecule has 0 aliphatic carbocycles. The normalized spacial score (nSPS) is 16.2. The number of aromatic nitrogens is 2. The van der Waals surface area contributed by atoms with Gasteiger partial charge < -0.3 is 10.2 Å². The van der Waals surface area contributed by atoms with E-state index in [2.05, 4.69) is 16.3 Å². The number of benzene rings is 1. The van der Waals surface area contributed by atoms with Crippen LogP contribution in [0.3, 0.4) is 0 Å². The molecule has 5 heteroatoms. The van der Waals surface area contributed by atoms with Crippen molar-refractivity contribution < 1.29 is 4.79 Å². The maximum absolute atomic E-state index is 12.4. The Balaban J connectivity index is 0.00000126. The summed E-state index contributed by atoms with van der Waals surface area (Å²) in [6.07, 6.45) is 5.89. The van der Waals surface area contributed by atoms with Crippen LogP contribution >= 0.6 is 0 Å². The summed E-state index contributed by atoms with van der Waals surface area (Å²) in [6, 6.07) is 9.68. The Bertz CT molecular complexity index is 897. The largest absolute Gasteiger partial charge is 0.363 e. The van der Waals surface area contributed by atoms with Crippen LogP contribution in [0.1, 0.15) is 51.4 Å². The van der Waals surface area contributed by atoms with E-state index in [9.17, 15) is 4.79 Å². The minimum absolute atomic E-state index is 0.0945. The van der Waals surface area contributed by atoms with E-state index in [0.29, 0.717) is 6.42 Å². The van der Waals surface area contributed by atoms with Crippen molar-refractivity contribution in [3.63, 3.8) is 0 Å². The van der Waals surface area contributed by atoms with Crippen LogP contribution in [-0.4, -0.2) is 27.6 Å². The van der Waals surface area contributed by atoms with Gasteiger partial charge in [-0.25, -0.2) is 0 Å². The van der Waals surface area contributed by atoms with Crippen molar-refractivity contribution in [3.05, 3.63) is 53.0 Å². The van der Waals surface area contributed by atoms with Crippen molar-refractivity contribution in [1.29, 1.82) is 0 Å². The number of aryl methyl sites for hydroxylation is 1. The molecule has 0 spiro atoms. The highest BCUT2D eigenvalue weighted by Crippen LogP contribution is 2.29. The Morgan fingerprint density at radius 2 is 1.96 bits per heavy atom. The van der Waals surface area contributed by atoms with Crippen molar-refractivity contribution in [2.45, 2.75) is 40.2 Å². The predicted octanol–water partition coefficient (Wildman–Crippen LogP) is 3.84. The topological polar surface area (TPSA) is 50.2 Å². The van der Waals surface area contributed by atoms with E-state index >= 15 is 0 Å². The lowest BCUT2D eigenvalue weighted by atomic mass is 10.0. The number of amides is 1. The number of terminal acetylenes is 1. The summed E-state index contributed by atoms with van der Waals surface area (Å²) >= 11 is 0. The van der Waals surface area contributed by atoms with Crippen molar-refractivity contribution in [3.8, 4) is 23.6 Å². The number of nitrogens with one attached hydrogen (secondary N) is 1. The molecule has 1 aliphatic heterocycles. The Hall–Kier alpha value is -3.00. The van der Waals surface area contributed by atoms with Crippen LogP contribution in [0.4, 0.5) is 0 Å². The summed E-state index contributed by atoms with van der Waals surface area (Å²) in [4.78, 5) is 14.0. The summed E-state index contributed by atoms with van der Waals surface area (Å²) in [5.74, 6) is 3.60. The number of hydrogen-bond donors (Lipinski definition) is 1. The first kappa shape index (κ1) is 20.3. The standard InChI is InChI=1S/C20H22N4O.C2H6/c1-6-14-8-7-9-15(10-14)16-11-18(24(5)22-16)17-12-19(25)23(4)20(21-17)13(2)3;1-2/h1,7-11,17,21H,12H2,2-5H3;1-2H3. The summed E-state index contributed by atoms with van der Waals surface area (Å²) in [6.45, 7) is 7.99. The van der Waals surface area contributed by atoms with E-state index in [1.54, 1.807) is 11.9 Å². The molecular formula is C22H28N4O. The third-order valence-corrected chi connectivity index (χ3v) is 4.47. The third kappa shape index (κ3) is 4.22. The monoisotopic (exact) mass is 364 g/mol. The lowest BCUT2D eigenvalue weighted by molar-refractivity contribution is -0.130. The van der Waals surface area contributed by atoms with E-state index in [0.717, 1.165) is 33.9 Å². The first-order valence-electron chi connectivity index (χ1n) is 9.22. The Morgan fingerprint density at radius 3 is 2.59 bits per heavy atom. The van der Waals surface area contributed by atoms with Crippen molar-refractivity contribution >= 4 is 5.91 Å². The molecule has 1 aromatic heterocycles. The average Bonchev–Trinajstić information content (AvgIpc) is 3.07. The highest BCUT2D eigenvalue weighted by molar-refractivity contribution is 5.80. The Morgan fingerprint density at radius 1 is 1.26 bits per heavy atom. The van der Waals surface area contributed by atoms with Crippen LogP contribution < -0.4 is 5.32 Å². The molecule has 0 radical (unpaired) electrons. The maximum atomic E-state index is 12.4. The highest BCUT2D eigenvalue weighted by atomic mass is 16.2. The number of carbonyl (C=O) groups is 1. The van der Waals surface area contributed by atoms with E-state index in [4.69, 9.17) is 6.42 Å². The lowest BCUT2D eigenvalue weighted by Gasteiger charge is -2.34. The van der Waals surface area contributed by atoms with Gasteiger partial charge in [0.15, 0.2) is 0 Å². The summed E-state index contributed by atoms with van der Waals surface area (Å²) in [5.41, 5.74) is 4.69. The fourth-order valence-corrected chi connectivity index (χ4v) is 3.12. The van der Waals surface area contributed by atoms with Crippen LogP contribution in [0.25, 0.3) is 11.3 Å². The second kappa shape index (κ2) is 8.59. The fourth-order valence-electron chi connectivity index (χ4n) is 3.12. The van der Waals surface area contributed by atoms with E-state index in [1.165, 1.54) is 0 Å². The zero-order valence-corrected chi connectivity index (χ0v) is 17.0. The zero-order valence-electron chi connectivity index (χ0n) is 17.0. The first-order valence-corrected chi connectivity index (χ1v) is 9.22. The third-order valence-electron chi connectivity index (χ3n) is 4.47. The van der Waals surface area contributed by atoms with Gasteiger partial charge in [0.05, 0.1) is 23.9 Å². The molecule has 1 unspecified atom stereocenters. The molecule has 0 bridgehead atoms. The van der Waals surface area contributed by atoms with Crippen LogP contribution in [-0.2, 0) is 11.8 Å². The molecule has 3 rings (SSSR count). The molecule has 2 aromatic rings. The van der Waals surface area contributed by atoms with Crippen molar-refractivity contribution in [2.24, 2.45) is 7.05 Å². The second-order valence-corrected chi connectivity index (χ2v) is 6.51. The molecular weight excluding hydrogens is 336 g/mol. The van der Waals surface area contributed by atoms with Crippen LogP contribution in [0.5, 0.6) is 0 Å². The maximum Gasteiger partial charge on any atom is 0.230 e. The average molecular weight is 364 g/mol. The lowest BCUT2D eigenvalue weighted by Crippen LogP contribution is -2.44. The number of rotatable bonds is 2. The number of hydrogen-bond acceptors (Lipinski definition) is 3. The van der Waals surface area contributed by atoms with Gasteiger partial charge in [0.1, 0.15) is 5.82 Å². The molecule has 1 saturated heterocycles. The summed E-state index contributed by atoms with van der Waals surface area (Å²) < 4.78 is 1.83. The molecule has 27 heavy (non-hydrogen) atoms. The van der Waals surface area contributed by atoms with Gasteiger partial charge in [-0.1, -0.05) is 31.9 Å². The number of allylic oxidation sites excluding steroid dienone is 1. The zero-order chi connectivity index (χ0) is 20.1. The van der Waals surface area contributed by atoms with Gasteiger partial charge in [0, 0.05) is 25.2 Å². The minimum Gasteiger partial charge on any atom is -0.363 e. The molecule has 0 saturated carbocycles. The Labute approximate surface area is 162 Å². The van der Waals surface area contributed by atoms with Crippen LogP contribution in [0.15, 0.2) is 41.7 Å². The molecule has 5 nitrogen and oxygen atoms in total. The molecule has 1 atom stereocenters. The SMILES string of the molecule is C#Cc1cccc(-c2cc(C3CC(=O)N(C)C(=C(C)C)N3)n(C)n2)c1.CC. The molecule has 1 N–H and O–H groups in total. The van der Waals surface area contributed by atoms with Gasteiger partial charge in [-0.05, 0) is 37.6 Å². The molecule has 1 aliphatic rings. The van der Waals surface area contributed by atoms with Gasteiger partial charge in [-0.2, -0.15) is 5.10 Å². The molecule has 142 valence electrons. The number of carbonyl (C=O) groups excluding carboxylic acids is 1. The molecule has 1 aromatic carbocycles. The molecule has 1 amide bonds. The quantitative estimate of drug-likeness (QED) is 0.824. The fraction of sp³-hybridized carbons (Fsp3) is 0.364. The van der Waals surface area contributed by atoms with E-state index < -0.39 is 0 Å². The van der Waals surface area contributed by atoms with Gasteiger partial charge in [-0.3, -0.25) is 9.48 Å². The number of nitrogens with zero attached hydrogens (tertiary/aromatic N) is 3. The smallest absolute Gasteiger partial charge is 0.230 e. The highest BCUT2D eigenvalue weighted by Gasteiger charge is 2.30. The van der Waals surface area contributed by atoms with Gasteiger partial charge in [0.25, 0.3) is 0 Å². The molecule has 2 heterocycles. The van der Waals surface area contributed by atoms with Crippen LogP contribution in [0.2, 0.25) is 0 Å². The van der Waals surface area contributed by atoms with Crippen LogP contribution in [0, 0.1) is 12.3 Å². The second-order valence-electron chi connectivity index (χ2n) is 6.51. The summed E-state index contributed by atoms with van der Waals surface area (Å²) in [7, 11) is 3.70. The summed E-state index contributed by atoms with van der Waals surface area (Å²) in [5, 5.41) is 8.08. The minimum atomic E-state index is -0.101. The molecule has 1 fully saturated rings. The van der Waals surface area contributed by atoms with Gasteiger partial charge >= 0.3 is 0 Å². The predicted molar refractivity (Wildman–Crippen MR) is 110 cm³/mol. The van der Waals surface area contributed by atoms with Gasteiger partial charge in [-0.15, -0.1) is 6.42 Å². The van der Waals surface area contributed by atoms with E-state index in [1.807, 2.05) is 69.8 Å². The van der Waals surface area contributed by atoms with Crippen molar-refractivity contribution in [2.75, 3.05) is 7.05 Å².